The minimum absolute atomic E-state index is 0.178. The number of halogens is 1. The Morgan fingerprint density at radius 2 is 1.95 bits per heavy atom. The van der Waals surface area contributed by atoms with E-state index in [0.717, 1.165) is 11.1 Å². The maximum Gasteiger partial charge on any atom is 0.261 e. The van der Waals surface area contributed by atoms with Crippen molar-refractivity contribution in [2.45, 2.75) is 18.4 Å². The fraction of sp³-hybridized carbons (Fsp3) is 0.143. The number of hydrogen-bond donors (Lipinski definition) is 2. The highest BCUT2D eigenvalue weighted by Crippen LogP contribution is 2.22. The summed E-state index contributed by atoms with van der Waals surface area (Å²) in [7, 11) is -3.64. The lowest BCUT2D eigenvalue weighted by molar-refractivity contribution is 0.601. The van der Waals surface area contributed by atoms with Crippen LogP contribution in [-0.4, -0.2) is 8.42 Å². The number of nitrogens with two attached hydrogens (primary N) is 1. The predicted octanol–water partition coefficient (Wildman–Crippen LogP) is 2.91. The van der Waals surface area contributed by atoms with Gasteiger partial charge in [-0.1, -0.05) is 29.8 Å². The zero-order valence-electron chi connectivity index (χ0n) is 10.9. The topological polar surface area (TPSA) is 72.2 Å². The Labute approximate surface area is 123 Å². The molecule has 0 heterocycles. The molecule has 20 heavy (non-hydrogen) atoms. The molecule has 106 valence electrons. The number of anilines is 1. The van der Waals surface area contributed by atoms with Crippen LogP contribution in [0.4, 0.5) is 5.69 Å². The Balaban J connectivity index is 2.32. The van der Waals surface area contributed by atoms with E-state index in [-0.39, 0.29) is 4.90 Å². The van der Waals surface area contributed by atoms with Crippen LogP contribution in [0.3, 0.4) is 0 Å². The van der Waals surface area contributed by atoms with Crippen molar-refractivity contribution in [3.05, 3.63) is 58.6 Å². The molecule has 6 heteroatoms. The zero-order valence-corrected chi connectivity index (χ0v) is 12.5. The van der Waals surface area contributed by atoms with Gasteiger partial charge in [0.2, 0.25) is 0 Å². The van der Waals surface area contributed by atoms with Crippen LogP contribution in [0.15, 0.2) is 47.4 Å². The van der Waals surface area contributed by atoms with Crippen LogP contribution in [0, 0.1) is 6.92 Å². The molecule has 0 saturated heterocycles. The molecule has 0 aliphatic heterocycles. The molecule has 2 rings (SSSR count). The van der Waals surface area contributed by atoms with Crippen LogP contribution in [-0.2, 0) is 16.6 Å². The van der Waals surface area contributed by atoms with E-state index in [1.54, 1.807) is 36.4 Å². The number of hydrogen-bond acceptors (Lipinski definition) is 3. The molecular formula is C14H15ClN2O2S. The lowest BCUT2D eigenvalue weighted by Gasteiger charge is -2.10. The Hall–Kier alpha value is -1.56. The highest BCUT2D eigenvalue weighted by Gasteiger charge is 2.14. The highest BCUT2D eigenvalue weighted by molar-refractivity contribution is 7.92. The van der Waals surface area contributed by atoms with Gasteiger partial charge in [-0.05, 0) is 42.3 Å². The van der Waals surface area contributed by atoms with E-state index in [1.807, 2.05) is 6.92 Å². The Morgan fingerprint density at radius 3 is 2.60 bits per heavy atom. The molecule has 2 aromatic rings. The van der Waals surface area contributed by atoms with Crippen molar-refractivity contribution in [2.24, 2.45) is 5.73 Å². The summed E-state index contributed by atoms with van der Waals surface area (Å²) in [6, 6.07) is 11.5. The van der Waals surface area contributed by atoms with Crippen molar-refractivity contribution in [1.82, 2.24) is 0 Å². The second-order valence-electron chi connectivity index (χ2n) is 4.42. The normalized spacial score (nSPS) is 11.3. The first kappa shape index (κ1) is 14.8. The van der Waals surface area contributed by atoms with Crippen molar-refractivity contribution in [3.8, 4) is 0 Å². The molecule has 3 N–H and O–H groups in total. The van der Waals surface area contributed by atoms with Gasteiger partial charge < -0.3 is 5.73 Å². The third kappa shape index (κ3) is 3.30. The van der Waals surface area contributed by atoms with E-state index in [2.05, 4.69) is 4.72 Å². The molecular weight excluding hydrogens is 296 g/mol. The standard InChI is InChI=1S/C14H15ClN2O2S/c1-10-5-6-12(8-14(10)15)17-20(18,19)13-4-2-3-11(7-13)9-16/h2-8,17H,9,16H2,1H3. The first-order valence-corrected chi connectivity index (χ1v) is 7.86. The van der Waals surface area contributed by atoms with Gasteiger partial charge in [0, 0.05) is 11.6 Å². The molecule has 0 aromatic heterocycles. The van der Waals surface area contributed by atoms with Crippen LogP contribution in [0.1, 0.15) is 11.1 Å². The Bertz CT molecular complexity index is 730. The first-order valence-electron chi connectivity index (χ1n) is 6.00. The highest BCUT2D eigenvalue weighted by atomic mass is 35.5. The second kappa shape index (κ2) is 5.83. The minimum atomic E-state index is -3.64. The van der Waals surface area contributed by atoms with Crippen LogP contribution in [0.25, 0.3) is 0 Å². The van der Waals surface area contributed by atoms with Gasteiger partial charge >= 0.3 is 0 Å². The number of sulfonamides is 1. The smallest absolute Gasteiger partial charge is 0.261 e. The fourth-order valence-corrected chi connectivity index (χ4v) is 3.01. The van der Waals surface area contributed by atoms with Gasteiger partial charge in [-0.3, -0.25) is 4.72 Å². The number of nitrogens with one attached hydrogen (secondary N) is 1. The summed E-state index contributed by atoms with van der Waals surface area (Å²) in [6.45, 7) is 2.14. The van der Waals surface area contributed by atoms with Gasteiger partial charge in [0.15, 0.2) is 0 Å². The molecule has 0 aliphatic rings. The fourth-order valence-electron chi connectivity index (χ4n) is 1.71. The van der Waals surface area contributed by atoms with E-state index >= 15 is 0 Å². The van der Waals surface area contributed by atoms with Gasteiger partial charge in [-0.2, -0.15) is 0 Å². The van der Waals surface area contributed by atoms with Crippen LogP contribution in [0.2, 0.25) is 5.02 Å². The molecule has 0 atom stereocenters. The average molecular weight is 311 g/mol. The summed E-state index contributed by atoms with van der Waals surface area (Å²) in [4.78, 5) is 0.178. The Morgan fingerprint density at radius 1 is 1.20 bits per heavy atom. The summed E-state index contributed by atoms with van der Waals surface area (Å²) < 4.78 is 27.0. The third-order valence-electron chi connectivity index (χ3n) is 2.87. The van der Waals surface area contributed by atoms with E-state index in [1.165, 1.54) is 6.07 Å². The average Bonchev–Trinajstić information content (AvgIpc) is 2.43. The van der Waals surface area contributed by atoms with Crippen LogP contribution < -0.4 is 10.5 Å². The summed E-state index contributed by atoms with van der Waals surface area (Å²) in [5, 5.41) is 0.515. The van der Waals surface area contributed by atoms with Crippen molar-refractivity contribution in [2.75, 3.05) is 4.72 Å². The maximum absolute atomic E-state index is 12.3. The Kier molecular flexibility index (Phi) is 4.32. The van der Waals surface area contributed by atoms with Crippen molar-refractivity contribution < 1.29 is 8.42 Å². The van der Waals surface area contributed by atoms with Crippen molar-refractivity contribution in [3.63, 3.8) is 0 Å². The largest absolute Gasteiger partial charge is 0.326 e. The zero-order chi connectivity index (χ0) is 14.8. The molecule has 0 unspecified atom stereocenters. The van der Waals surface area contributed by atoms with Crippen LogP contribution in [0.5, 0.6) is 0 Å². The van der Waals surface area contributed by atoms with Gasteiger partial charge in [0.1, 0.15) is 0 Å². The van der Waals surface area contributed by atoms with E-state index in [0.29, 0.717) is 17.3 Å². The lowest BCUT2D eigenvalue weighted by atomic mass is 10.2. The summed E-state index contributed by atoms with van der Waals surface area (Å²) in [5.41, 5.74) is 7.60. The number of benzene rings is 2. The van der Waals surface area contributed by atoms with Gasteiger partial charge in [-0.15, -0.1) is 0 Å². The monoisotopic (exact) mass is 310 g/mol. The molecule has 2 aromatic carbocycles. The molecule has 0 spiro atoms. The third-order valence-corrected chi connectivity index (χ3v) is 4.65. The molecule has 0 fully saturated rings. The maximum atomic E-state index is 12.3. The molecule has 0 aliphatic carbocycles. The summed E-state index contributed by atoms with van der Waals surface area (Å²) in [6.07, 6.45) is 0. The summed E-state index contributed by atoms with van der Waals surface area (Å²) in [5.74, 6) is 0. The number of rotatable bonds is 4. The minimum Gasteiger partial charge on any atom is -0.326 e. The van der Waals surface area contributed by atoms with Crippen molar-refractivity contribution in [1.29, 1.82) is 0 Å². The van der Waals surface area contributed by atoms with E-state index in [4.69, 9.17) is 17.3 Å². The van der Waals surface area contributed by atoms with Gasteiger partial charge in [0.05, 0.1) is 10.6 Å². The molecule has 4 nitrogen and oxygen atoms in total. The van der Waals surface area contributed by atoms with Gasteiger partial charge in [-0.25, -0.2) is 8.42 Å². The van der Waals surface area contributed by atoms with E-state index < -0.39 is 10.0 Å². The van der Waals surface area contributed by atoms with Gasteiger partial charge in [0.25, 0.3) is 10.0 Å². The number of aryl methyl sites for hydroxylation is 1. The first-order chi connectivity index (χ1) is 9.42. The molecule has 0 bridgehead atoms. The van der Waals surface area contributed by atoms with E-state index in [9.17, 15) is 8.42 Å². The predicted molar refractivity (Wildman–Crippen MR) is 81.3 cm³/mol. The molecule has 0 radical (unpaired) electrons. The second-order valence-corrected chi connectivity index (χ2v) is 6.51. The SMILES string of the molecule is Cc1ccc(NS(=O)(=O)c2cccc(CN)c2)cc1Cl. The quantitative estimate of drug-likeness (QED) is 0.912. The summed E-state index contributed by atoms with van der Waals surface area (Å²) >= 11 is 5.99. The lowest BCUT2D eigenvalue weighted by Crippen LogP contribution is -2.13. The van der Waals surface area contributed by atoms with Crippen molar-refractivity contribution >= 4 is 27.3 Å². The molecule has 0 saturated carbocycles. The molecule has 0 amide bonds. The van der Waals surface area contributed by atoms with Crippen LogP contribution >= 0.6 is 11.6 Å².